The van der Waals surface area contributed by atoms with Gasteiger partial charge >= 0.3 is 11.7 Å². The van der Waals surface area contributed by atoms with Crippen molar-refractivity contribution in [3.8, 4) is 0 Å². The van der Waals surface area contributed by atoms with Crippen LogP contribution in [-0.4, -0.2) is 50.8 Å². The third kappa shape index (κ3) is 4.53. The smallest absolute Gasteiger partial charge is 0.330 e. The first-order valence-electron chi connectivity index (χ1n) is 12.0. The van der Waals surface area contributed by atoms with E-state index in [-0.39, 0.29) is 12.6 Å². The summed E-state index contributed by atoms with van der Waals surface area (Å²) in [6.45, 7) is 4.90. The van der Waals surface area contributed by atoms with Gasteiger partial charge in [0.15, 0.2) is 12.3 Å². The summed E-state index contributed by atoms with van der Waals surface area (Å²) in [7, 11) is 0. The summed E-state index contributed by atoms with van der Waals surface area (Å²) < 4.78 is 20.0. The molecule has 0 radical (unpaired) electrons. The number of nitrogens with zero attached hydrogens (tertiary/aromatic N) is 2. The fourth-order valence-corrected chi connectivity index (χ4v) is 5.19. The molecule has 0 amide bonds. The van der Waals surface area contributed by atoms with E-state index in [1.54, 1.807) is 0 Å². The summed E-state index contributed by atoms with van der Waals surface area (Å²) in [6.07, 6.45) is -1.13. The van der Waals surface area contributed by atoms with Gasteiger partial charge in [0, 0.05) is 38.3 Å². The quantitative estimate of drug-likeness (QED) is 0.506. The number of aromatic nitrogens is 2. The second kappa shape index (κ2) is 9.85. The zero-order valence-electron chi connectivity index (χ0n) is 20.2. The van der Waals surface area contributed by atoms with E-state index in [0.717, 1.165) is 12.1 Å². The lowest BCUT2D eigenvalue weighted by atomic mass is 9.78. The molecule has 2 fully saturated rings. The number of esters is 1. The van der Waals surface area contributed by atoms with Gasteiger partial charge in [0.1, 0.15) is 11.7 Å². The molecule has 1 unspecified atom stereocenters. The van der Waals surface area contributed by atoms with Crippen LogP contribution in [0.25, 0.3) is 0 Å². The normalized spacial score (nSPS) is 27.6. The molecule has 0 saturated carbocycles. The molecule has 3 aromatic rings. The van der Waals surface area contributed by atoms with Crippen LogP contribution in [0.1, 0.15) is 31.2 Å². The Morgan fingerprint density at radius 1 is 1.06 bits per heavy atom. The number of nitrogens with one attached hydrogen (secondary N) is 1. The van der Waals surface area contributed by atoms with Crippen molar-refractivity contribution in [3.05, 3.63) is 105 Å². The Morgan fingerprint density at radius 2 is 1.72 bits per heavy atom. The summed E-state index contributed by atoms with van der Waals surface area (Å²) in [6, 6.07) is 21.0. The Hall–Kier alpha value is -3.53. The maximum Gasteiger partial charge on any atom is 0.330 e. The van der Waals surface area contributed by atoms with Gasteiger partial charge in [0.25, 0.3) is 5.56 Å². The molecule has 2 aliphatic rings. The van der Waals surface area contributed by atoms with E-state index in [1.165, 1.54) is 29.3 Å². The second-order valence-corrected chi connectivity index (χ2v) is 9.34. The summed E-state index contributed by atoms with van der Waals surface area (Å²) in [5, 5.41) is 0. The summed E-state index contributed by atoms with van der Waals surface area (Å²) in [5.74, 6) is -0.510. The van der Waals surface area contributed by atoms with E-state index < -0.39 is 41.3 Å². The molecule has 188 valence electrons. The average molecular weight is 492 g/mol. The molecule has 5 rings (SSSR count). The van der Waals surface area contributed by atoms with E-state index in [9.17, 15) is 14.4 Å². The summed E-state index contributed by atoms with van der Waals surface area (Å²) in [5.41, 5.74) is 0.146. The first kappa shape index (κ1) is 24.2. The standard InChI is InChI=1S/C27H29N3O6/c1-18-27(17-29(18)15-20-9-5-3-6-10-20)24(34-16-21-11-7-4-8-12-21)23(35-19(2)31)25(36-27)30-14-13-22(32)28-26(30)33/h3-14,18,23-25H,15-17H2,1-2H3,(H,28,32,33)/t18-,23+,24+,25?,27+/m0/s1. The molecule has 9 heteroatoms. The SMILES string of the molecule is CC(=O)O[C@H]1C(n2ccc(=O)[nH]c2=O)O[C@@]2(CN(Cc3ccccc3)[C@H]2C)[C@@H]1OCc1ccccc1. The van der Waals surface area contributed by atoms with Crippen molar-refractivity contribution < 1.29 is 19.0 Å². The molecule has 2 saturated heterocycles. The highest BCUT2D eigenvalue weighted by Crippen LogP contribution is 2.49. The van der Waals surface area contributed by atoms with Crippen LogP contribution >= 0.6 is 0 Å². The third-order valence-corrected chi connectivity index (χ3v) is 7.03. The Kier molecular flexibility index (Phi) is 6.61. The summed E-state index contributed by atoms with van der Waals surface area (Å²) >= 11 is 0. The fourth-order valence-electron chi connectivity index (χ4n) is 5.19. The van der Waals surface area contributed by atoms with Gasteiger partial charge in [-0.2, -0.15) is 0 Å². The predicted molar refractivity (Wildman–Crippen MR) is 131 cm³/mol. The molecular formula is C27H29N3O6. The van der Waals surface area contributed by atoms with Crippen LogP contribution in [0.4, 0.5) is 0 Å². The number of hydrogen-bond donors (Lipinski definition) is 1. The molecular weight excluding hydrogens is 462 g/mol. The van der Waals surface area contributed by atoms with Gasteiger partial charge in [-0.15, -0.1) is 0 Å². The van der Waals surface area contributed by atoms with E-state index >= 15 is 0 Å². The monoisotopic (exact) mass is 491 g/mol. The predicted octanol–water partition coefficient (Wildman–Crippen LogP) is 2.23. The number of carbonyl (C=O) groups excluding carboxylic acids is 1. The molecule has 2 aromatic carbocycles. The van der Waals surface area contributed by atoms with E-state index in [0.29, 0.717) is 6.54 Å². The van der Waals surface area contributed by atoms with Gasteiger partial charge in [-0.25, -0.2) is 4.79 Å². The minimum Gasteiger partial charge on any atom is -0.455 e. The minimum atomic E-state index is -0.958. The Balaban J connectivity index is 1.49. The first-order chi connectivity index (χ1) is 17.4. The molecule has 2 aliphatic heterocycles. The number of carbonyl (C=O) groups is 1. The average Bonchev–Trinajstić information content (AvgIpc) is 3.18. The first-order valence-corrected chi connectivity index (χ1v) is 12.0. The van der Waals surface area contributed by atoms with Gasteiger partial charge in [-0.3, -0.25) is 24.0 Å². The highest BCUT2D eigenvalue weighted by atomic mass is 16.6. The summed E-state index contributed by atoms with van der Waals surface area (Å²) in [4.78, 5) is 41.0. The lowest BCUT2D eigenvalue weighted by Crippen LogP contribution is -2.73. The van der Waals surface area contributed by atoms with E-state index in [2.05, 4.69) is 22.0 Å². The topological polar surface area (TPSA) is 103 Å². The molecule has 0 aliphatic carbocycles. The number of benzene rings is 2. The Morgan fingerprint density at radius 3 is 2.33 bits per heavy atom. The number of ether oxygens (including phenoxy) is 3. The third-order valence-electron chi connectivity index (χ3n) is 7.03. The van der Waals surface area contributed by atoms with Crippen LogP contribution in [0.15, 0.2) is 82.5 Å². The van der Waals surface area contributed by atoms with Gasteiger partial charge in [-0.1, -0.05) is 60.7 Å². The maximum absolute atomic E-state index is 12.7. The lowest BCUT2D eigenvalue weighted by Gasteiger charge is -2.55. The van der Waals surface area contributed by atoms with Crippen molar-refractivity contribution in [3.63, 3.8) is 0 Å². The van der Waals surface area contributed by atoms with Crippen LogP contribution in [0, 0.1) is 0 Å². The number of H-pyrrole nitrogens is 1. The highest BCUT2D eigenvalue weighted by molar-refractivity contribution is 5.66. The molecule has 36 heavy (non-hydrogen) atoms. The minimum absolute atomic E-state index is 0.0972. The van der Waals surface area contributed by atoms with Crippen molar-refractivity contribution >= 4 is 5.97 Å². The molecule has 1 N–H and O–H groups in total. The van der Waals surface area contributed by atoms with Crippen molar-refractivity contribution in [1.82, 2.24) is 14.5 Å². The zero-order chi connectivity index (χ0) is 25.3. The van der Waals surface area contributed by atoms with Crippen molar-refractivity contribution in [1.29, 1.82) is 0 Å². The Labute approximate surface area is 208 Å². The number of aromatic amines is 1. The second-order valence-electron chi connectivity index (χ2n) is 9.34. The molecule has 9 nitrogen and oxygen atoms in total. The number of hydrogen-bond acceptors (Lipinski definition) is 7. The molecule has 3 heterocycles. The molecule has 1 aromatic heterocycles. The maximum atomic E-state index is 12.7. The zero-order valence-corrected chi connectivity index (χ0v) is 20.2. The number of likely N-dealkylation sites (tertiary alicyclic amines) is 1. The van der Waals surface area contributed by atoms with Crippen LogP contribution in [0.2, 0.25) is 0 Å². The van der Waals surface area contributed by atoms with Crippen molar-refractivity contribution in [2.75, 3.05) is 6.54 Å². The van der Waals surface area contributed by atoms with Crippen LogP contribution < -0.4 is 11.2 Å². The van der Waals surface area contributed by atoms with E-state index in [4.69, 9.17) is 14.2 Å². The fraction of sp³-hybridized carbons (Fsp3) is 0.370. The molecule has 5 atom stereocenters. The highest BCUT2D eigenvalue weighted by Gasteiger charge is 2.67. The molecule has 0 bridgehead atoms. The lowest BCUT2D eigenvalue weighted by molar-refractivity contribution is -0.227. The van der Waals surface area contributed by atoms with Gasteiger partial charge < -0.3 is 14.2 Å². The van der Waals surface area contributed by atoms with Gasteiger partial charge in [0.2, 0.25) is 0 Å². The number of rotatable bonds is 7. The van der Waals surface area contributed by atoms with Gasteiger partial charge in [0.05, 0.1) is 6.61 Å². The van der Waals surface area contributed by atoms with Gasteiger partial charge in [-0.05, 0) is 18.1 Å². The van der Waals surface area contributed by atoms with Crippen molar-refractivity contribution in [2.24, 2.45) is 0 Å². The Bertz CT molecular complexity index is 1320. The van der Waals surface area contributed by atoms with E-state index in [1.807, 2.05) is 55.5 Å². The van der Waals surface area contributed by atoms with Crippen LogP contribution in [-0.2, 0) is 32.2 Å². The van der Waals surface area contributed by atoms with Crippen molar-refractivity contribution in [2.45, 2.75) is 57.1 Å². The van der Waals surface area contributed by atoms with Crippen LogP contribution in [0.5, 0.6) is 0 Å². The van der Waals surface area contributed by atoms with Crippen LogP contribution in [0.3, 0.4) is 0 Å². The molecule has 1 spiro atoms. The largest absolute Gasteiger partial charge is 0.455 e.